The Morgan fingerprint density at radius 1 is 1.23 bits per heavy atom. The summed E-state index contributed by atoms with van der Waals surface area (Å²) in [4.78, 5) is 27.4. The van der Waals surface area contributed by atoms with Crippen LogP contribution in [-0.2, 0) is 16.9 Å². The first-order valence-electron chi connectivity index (χ1n) is 11.7. The van der Waals surface area contributed by atoms with E-state index in [0.29, 0.717) is 29.4 Å². The number of rotatable bonds is 9. The largest absolute Gasteiger partial charge is 0.394 e. The first kappa shape index (κ1) is 25.9. The quantitative estimate of drug-likeness (QED) is 0.529. The maximum Gasteiger partial charge on any atom is 0.257 e. The first-order chi connectivity index (χ1) is 16.8. The van der Waals surface area contributed by atoms with Crippen LogP contribution in [0, 0.1) is 5.82 Å². The fraction of sp³-hybridized carbons (Fsp3) is 0.542. The van der Waals surface area contributed by atoms with Crippen molar-refractivity contribution in [1.82, 2.24) is 24.7 Å². The lowest BCUT2D eigenvalue weighted by Crippen LogP contribution is -2.49. The molecule has 1 saturated heterocycles. The molecule has 35 heavy (non-hydrogen) atoms. The molecule has 0 spiro atoms. The number of hydrogen-bond donors (Lipinski definition) is 2. The highest BCUT2D eigenvalue weighted by molar-refractivity contribution is 6.30. The summed E-state index contributed by atoms with van der Waals surface area (Å²) in [5.41, 5.74) is -0.754. The Labute approximate surface area is 209 Å². The number of carbonyl (C=O) groups is 1. The Balaban J connectivity index is 1.65. The van der Waals surface area contributed by atoms with Crippen LogP contribution in [0.4, 0.5) is 4.39 Å². The topological polar surface area (TPSA) is 102 Å². The third-order valence-electron chi connectivity index (χ3n) is 6.71. The number of aliphatic hydroxyl groups is 2. The molecule has 0 radical (unpaired) electrons. The molecular formula is C24H31ClFN5O4. The van der Waals surface area contributed by atoms with Crippen molar-refractivity contribution in [3.63, 3.8) is 0 Å². The normalized spacial score (nSPS) is 20.8. The van der Waals surface area contributed by atoms with E-state index in [4.69, 9.17) is 16.3 Å². The molecule has 1 amide bonds. The summed E-state index contributed by atoms with van der Waals surface area (Å²) in [5.74, 6) is -0.784. The number of aromatic nitrogens is 2. The highest BCUT2D eigenvalue weighted by atomic mass is 35.5. The predicted octanol–water partition coefficient (Wildman–Crippen LogP) is 1.78. The standard InChI is InChI=1S/C24H31ClFN5O4/c1-3-24(34,15-30-6-4-29(2)5-7-30)16-10-18-21(19(26)11-16)23(35-9-8-32)31(22(18)33)14-20-27-12-17(25)13-28-20/h10-13,23,32,34H,3-9,14-15H2,1-2H3/t23-,24?/m1/s1. The minimum atomic E-state index is -1.32. The molecule has 0 aliphatic carbocycles. The second-order valence-corrected chi connectivity index (χ2v) is 9.52. The zero-order chi connectivity index (χ0) is 25.2. The van der Waals surface area contributed by atoms with Crippen LogP contribution >= 0.6 is 11.6 Å². The molecule has 3 heterocycles. The van der Waals surface area contributed by atoms with E-state index in [2.05, 4.69) is 26.8 Å². The van der Waals surface area contributed by atoms with Gasteiger partial charge in [-0.15, -0.1) is 0 Å². The maximum absolute atomic E-state index is 15.6. The number of likely N-dealkylation sites (N-methyl/N-ethyl adjacent to an activating group) is 1. The van der Waals surface area contributed by atoms with Crippen molar-refractivity contribution in [2.45, 2.75) is 31.7 Å². The zero-order valence-corrected chi connectivity index (χ0v) is 20.7. The van der Waals surface area contributed by atoms with Crippen LogP contribution in [0.5, 0.6) is 0 Å². The van der Waals surface area contributed by atoms with Crippen molar-refractivity contribution in [3.05, 3.63) is 57.9 Å². The number of piperazine rings is 1. The van der Waals surface area contributed by atoms with Crippen molar-refractivity contribution in [2.75, 3.05) is 53.0 Å². The monoisotopic (exact) mass is 507 g/mol. The zero-order valence-electron chi connectivity index (χ0n) is 20.0. The molecule has 4 rings (SSSR count). The van der Waals surface area contributed by atoms with Gasteiger partial charge in [0.25, 0.3) is 5.91 Å². The van der Waals surface area contributed by atoms with Crippen LogP contribution in [-0.4, -0.2) is 93.8 Å². The van der Waals surface area contributed by atoms with Gasteiger partial charge in [-0.3, -0.25) is 9.69 Å². The Morgan fingerprint density at radius 3 is 2.54 bits per heavy atom. The molecule has 190 valence electrons. The summed E-state index contributed by atoms with van der Waals surface area (Å²) in [7, 11) is 2.06. The van der Waals surface area contributed by atoms with Crippen LogP contribution < -0.4 is 0 Å². The van der Waals surface area contributed by atoms with E-state index in [1.54, 1.807) is 6.07 Å². The highest BCUT2D eigenvalue weighted by Gasteiger charge is 2.42. The number of halogens is 2. The summed E-state index contributed by atoms with van der Waals surface area (Å²) in [6.45, 7) is 5.18. The van der Waals surface area contributed by atoms with Gasteiger partial charge in [0, 0.05) is 50.7 Å². The molecule has 11 heteroatoms. The number of benzene rings is 1. The smallest absolute Gasteiger partial charge is 0.257 e. The number of fused-ring (bicyclic) bond motifs is 1. The third kappa shape index (κ3) is 5.47. The molecular weight excluding hydrogens is 477 g/mol. The van der Waals surface area contributed by atoms with Crippen LogP contribution in [0.25, 0.3) is 0 Å². The van der Waals surface area contributed by atoms with E-state index in [9.17, 15) is 15.0 Å². The fourth-order valence-corrected chi connectivity index (χ4v) is 4.68. The molecule has 1 unspecified atom stereocenters. The number of β-amino-alcohol motifs (C(OH)–C–C–N with tert-alkyl or cyclic N) is 1. The van der Waals surface area contributed by atoms with Crippen molar-refractivity contribution < 1.29 is 24.1 Å². The number of amides is 1. The van der Waals surface area contributed by atoms with Crippen LogP contribution in [0.15, 0.2) is 24.5 Å². The molecule has 0 saturated carbocycles. The highest BCUT2D eigenvalue weighted by Crippen LogP contribution is 2.40. The van der Waals surface area contributed by atoms with E-state index in [0.717, 1.165) is 26.2 Å². The summed E-state index contributed by atoms with van der Waals surface area (Å²) in [5, 5.41) is 21.2. The van der Waals surface area contributed by atoms with Crippen LogP contribution in [0.3, 0.4) is 0 Å². The maximum atomic E-state index is 15.6. The summed E-state index contributed by atoms with van der Waals surface area (Å²) < 4.78 is 21.2. The van der Waals surface area contributed by atoms with Crippen molar-refractivity contribution in [1.29, 1.82) is 0 Å². The van der Waals surface area contributed by atoms with Gasteiger partial charge in [0.15, 0.2) is 6.23 Å². The van der Waals surface area contributed by atoms with Gasteiger partial charge in [-0.2, -0.15) is 0 Å². The van der Waals surface area contributed by atoms with Gasteiger partial charge in [-0.25, -0.2) is 14.4 Å². The van der Waals surface area contributed by atoms with Crippen LogP contribution in [0.1, 0.15) is 46.9 Å². The summed E-state index contributed by atoms with van der Waals surface area (Å²) >= 11 is 5.86. The molecule has 9 nitrogen and oxygen atoms in total. The number of carbonyl (C=O) groups excluding carboxylic acids is 1. The van der Waals surface area contributed by atoms with E-state index >= 15 is 4.39 Å². The van der Waals surface area contributed by atoms with Gasteiger partial charge < -0.3 is 24.7 Å². The van der Waals surface area contributed by atoms with Crippen LogP contribution in [0.2, 0.25) is 5.02 Å². The van der Waals surface area contributed by atoms with E-state index in [1.165, 1.54) is 23.4 Å². The average molecular weight is 508 g/mol. The van der Waals surface area contributed by atoms with E-state index < -0.39 is 23.6 Å². The lowest BCUT2D eigenvalue weighted by Gasteiger charge is -2.38. The Morgan fingerprint density at radius 2 is 1.91 bits per heavy atom. The molecule has 0 bridgehead atoms. The number of ether oxygens (including phenoxy) is 1. The number of aliphatic hydroxyl groups excluding tert-OH is 1. The molecule has 2 aliphatic rings. The second-order valence-electron chi connectivity index (χ2n) is 9.08. The fourth-order valence-electron chi connectivity index (χ4n) is 4.58. The lowest BCUT2D eigenvalue weighted by atomic mass is 9.88. The van der Waals surface area contributed by atoms with Crippen molar-refractivity contribution in [2.24, 2.45) is 0 Å². The summed E-state index contributed by atoms with van der Waals surface area (Å²) in [6, 6.07) is 2.86. The Kier molecular flexibility index (Phi) is 7.99. The third-order valence-corrected chi connectivity index (χ3v) is 6.90. The number of nitrogens with zero attached hydrogens (tertiary/aromatic N) is 5. The Bertz CT molecular complexity index is 1050. The molecule has 2 aliphatic heterocycles. The molecule has 2 aromatic rings. The van der Waals surface area contributed by atoms with E-state index in [-0.39, 0.29) is 30.9 Å². The minimum absolute atomic E-state index is 0.0328. The van der Waals surface area contributed by atoms with Gasteiger partial charge in [-0.1, -0.05) is 18.5 Å². The summed E-state index contributed by atoms with van der Waals surface area (Å²) in [6.07, 6.45) is 2.14. The average Bonchev–Trinajstić information content (AvgIpc) is 3.11. The van der Waals surface area contributed by atoms with Crippen molar-refractivity contribution in [3.8, 4) is 0 Å². The molecule has 1 aromatic heterocycles. The van der Waals surface area contributed by atoms with Gasteiger partial charge in [0.2, 0.25) is 0 Å². The minimum Gasteiger partial charge on any atom is -0.394 e. The van der Waals surface area contributed by atoms with E-state index in [1.807, 2.05) is 6.92 Å². The second kappa shape index (κ2) is 10.8. The van der Waals surface area contributed by atoms with Crippen molar-refractivity contribution >= 4 is 17.5 Å². The van der Waals surface area contributed by atoms with Gasteiger partial charge >= 0.3 is 0 Å². The predicted molar refractivity (Wildman–Crippen MR) is 127 cm³/mol. The SMILES string of the molecule is CCC(O)(CN1CCN(C)CC1)c1cc(F)c2c(c1)C(=O)N(Cc1ncc(Cl)cn1)[C@@H]2OCCO. The van der Waals surface area contributed by atoms with Gasteiger partial charge in [0.05, 0.1) is 30.3 Å². The lowest BCUT2D eigenvalue weighted by molar-refractivity contribution is -0.0555. The Hall–Kier alpha value is -2.21. The van der Waals surface area contributed by atoms with Gasteiger partial charge in [-0.05, 0) is 31.2 Å². The van der Waals surface area contributed by atoms with Gasteiger partial charge in [0.1, 0.15) is 17.2 Å². The number of hydrogen-bond acceptors (Lipinski definition) is 8. The molecule has 2 N–H and O–H groups in total. The first-order valence-corrected chi connectivity index (χ1v) is 12.1. The molecule has 1 aromatic carbocycles. The molecule has 1 fully saturated rings. The molecule has 2 atom stereocenters.